The number of nitrogens with zero attached hydrogens (tertiary/aromatic N) is 2. The Morgan fingerprint density at radius 3 is 2.58 bits per heavy atom. The van der Waals surface area contributed by atoms with Crippen LogP contribution in [0.3, 0.4) is 0 Å². The zero-order valence-corrected chi connectivity index (χ0v) is 14.6. The van der Waals surface area contributed by atoms with Crippen molar-refractivity contribution in [3.05, 3.63) is 30.1 Å². The number of amides is 2. The maximum Gasteiger partial charge on any atom is 0.253 e. The van der Waals surface area contributed by atoms with E-state index in [1.807, 2.05) is 13.8 Å². The average molecular weight is 332 g/mol. The van der Waals surface area contributed by atoms with Crippen LogP contribution in [0.4, 0.5) is 0 Å². The predicted molar refractivity (Wildman–Crippen MR) is 93.4 cm³/mol. The normalized spacial score (nSPS) is 18.3. The molecule has 24 heavy (non-hydrogen) atoms. The molecule has 1 aliphatic heterocycles. The molecule has 1 atom stereocenters. The van der Waals surface area contributed by atoms with Crippen molar-refractivity contribution < 1.29 is 9.59 Å². The number of nitrogens with one attached hydrogen (secondary N) is 1. The monoisotopic (exact) mass is 332 g/mol. The lowest BCUT2D eigenvalue weighted by Gasteiger charge is -2.36. The van der Waals surface area contributed by atoms with Crippen molar-refractivity contribution in [3.63, 3.8) is 0 Å². The number of hydrogen-bond acceptors (Lipinski definition) is 4. The van der Waals surface area contributed by atoms with Gasteiger partial charge in [-0.15, -0.1) is 0 Å². The summed E-state index contributed by atoms with van der Waals surface area (Å²) in [5.41, 5.74) is 6.15. The van der Waals surface area contributed by atoms with Crippen molar-refractivity contribution in [2.24, 2.45) is 11.7 Å². The highest BCUT2D eigenvalue weighted by Gasteiger charge is 2.33. The minimum atomic E-state index is -0.339. The van der Waals surface area contributed by atoms with Crippen LogP contribution in [0.15, 0.2) is 24.5 Å². The number of aromatic nitrogens is 1. The van der Waals surface area contributed by atoms with Crippen LogP contribution >= 0.6 is 0 Å². The molecule has 1 saturated heterocycles. The molecule has 2 amide bonds. The molecule has 1 aromatic heterocycles. The van der Waals surface area contributed by atoms with Crippen LogP contribution in [0.5, 0.6) is 0 Å². The molecule has 1 aliphatic rings. The molecule has 6 nitrogen and oxygen atoms in total. The van der Waals surface area contributed by atoms with E-state index in [0.29, 0.717) is 25.2 Å². The van der Waals surface area contributed by atoms with Gasteiger partial charge >= 0.3 is 0 Å². The minimum Gasteiger partial charge on any atom is -0.349 e. The molecule has 0 aliphatic carbocycles. The smallest absolute Gasteiger partial charge is 0.253 e. The van der Waals surface area contributed by atoms with Gasteiger partial charge in [0.2, 0.25) is 5.91 Å². The standard InChI is InChI=1S/C18H28N4O2/c1-3-18(4-2,13-19)21-16(23)15-6-5-11-22(12-15)17(24)14-7-9-20-10-8-14/h7-10,15H,3-6,11-13,19H2,1-2H3,(H,21,23). The molecule has 6 heteroatoms. The van der Waals surface area contributed by atoms with Crippen LogP contribution in [-0.4, -0.2) is 46.9 Å². The molecule has 0 spiro atoms. The summed E-state index contributed by atoms with van der Waals surface area (Å²) in [6, 6.07) is 3.42. The van der Waals surface area contributed by atoms with E-state index in [9.17, 15) is 9.59 Å². The molecule has 0 radical (unpaired) electrons. The van der Waals surface area contributed by atoms with E-state index in [0.717, 1.165) is 25.7 Å². The summed E-state index contributed by atoms with van der Waals surface area (Å²) in [6.07, 6.45) is 6.47. The van der Waals surface area contributed by atoms with Gasteiger partial charge < -0.3 is 16.0 Å². The molecular formula is C18H28N4O2. The number of nitrogens with two attached hydrogens (primary N) is 1. The highest BCUT2D eigenvalue weighted by Crippen LogP contribution is 2.21. The Morgan fingerprint density at radius 1 is 1.33 bits per heavy atom. The van der Waals surface area contributed by atoms with Crippen LogP contribution < -0.4 is 11.1 Å². The summed E-state index contributed by atoms with van der Waals surface area (Å²) in [4.78, 5) is 31.0. The van der Waals surface area contributed by atoms with E-state index in [2.05, 4.69) is 10.3 Å². The molecule has 1 unspecified atom stereocenters. The molecule has 0 bridgehead atoms. The molecule has 2 rings (SSSR count). The van der Waals surface area contributed by atoms with Crippen molar-refractivity contribution in [2.75, 3.05) is 19.6 Å². The lowest BCUT2D eigenvalue weighted by molar-refractivity contribution is -0.128. The Labute approximate surface area is 143 Å². The molecule has 2 heterocycles. The molecule has 1 fully saturated rings. The quantitative estimate of drug-likeness (QED) is 0.827. The number of piperidine rings is 1. The summed E-state index contributed by atoms with van der Waals surface area (Å²) in [5.74, 6) is -0.198. The minimum absolute atomic E-state index is 0.0105. The van der Waals surface area contributed by atoms with Gasteiger partial charge in [-0.2, -0.15) is 0 Å². The van der Waals surface area contributed by atoms with Gasteiger partial charge in [0.05, 0.1) is 11.5 Å². The Kier molecular flexibility index (Phi) is 6.31. The summed E-state index contributed by atoms with van der Waals surface area (Å²) in [5, 5.41) is 3.14. The predicted octanol–water partition coefficient (Wildman–Crippen LogP) is 1.57. The van der Waals surface area contributed by atoms with Crippen molar-refractivity contribution in [3.8, 4) is 0 Å². The third-order valence-electron chi connectivity index (χ3n) is 5.14. The van der Waals surface area contributed by atoms with E-state index in [4.69, 9.17) is 5.73 Å². The van der Waals surface area contributed by atoms with E-state index < -0.39 is 0 Å². The molecule has 3 N–H and O–H groups in total. The first-order valence-electron chi connectivity index (χ1n) is 8.76. The molecule has 0 saturated carbocycles. The van der Waals surface area contributed by atoms with Gasteiger partial charge in [-0.1, -0.05) is 13.8 Å². The molecule has 0 aromatic carbocycles. The van der Waals surface area contributed by atoms with Crippen molar-refractivity contribution in [2.45, 2.75) is 45.1 Å². The van der Waals surface area contributed by atoms with E-state index in [1.165, 1.54) is 0 Å². The topological polar surface area (TPSA) is 88.3 Å². The first-order chi connectivity index (χ1) is 11.5. The Balaban J connectivity index is 2.02. The van der Waals surface area contributed by atoms with Gasteiger partial charge in [0.25, 0.3) is 5.91 Å². The van der Waals surface area contributed by atoms with Crippen molar-refractivity contribution >= 4 is 11.8 Å². The van der Waals surface area contributed by atoms with Gasteiger partial charge in [-0.25, -0.2) is 0 Å². The SMILES string of the molecule is CCC(CC)(CN)NC(=O)C1CCCN(C(=O)c2ccncc2)C1. The summed E-state index contributed by atoms with van der Waals surface area (Å²) in [7, 11) is 0. The van der Waals surface area contributed by atoms with E-state index in [1.54, 1.807) is 29.4 Å². The van der Waals surface area contributed by atoms with Crippen molar-refractivity contribution in [1.29, 1.82) is 0 Å². The number of likely N-dealkylation sites (tertiary alicyclic amines) is 1. The average Bonchev–Trinajstić information content (AvgIpc) is 2.66. The van der Waals surface area contributed by atoms with Gasteiger partial charge in [-0.3, -0.25) is 14.6 Å². The van der Waals surface area contributed by atoms with E-state index in [-0.39, 0.29) is 23.3 Å². The van der Waals surface area contributed by atoms with Crippen LogP contribution in [-0.2, 0) is 4.79 Å². The fourth-order valence-corrected chi connectivity index (χ4v) is 3.18. The Bertz CT molecular complexity index is 549. The largest absolute Gasteiger partial charge is 0.349 e. The molecule has 1 aromatic rings. The first kappa shape index (κ1) is 18.4. The lowest BCUT2D eigenvalue weighted by Crippen LogP contribution is -2.56. The third-order valence-corrected chi connectivity index (χ3v) is 5.14. The fourth-order valence-electron chi connectivity index (χ4n) is 3.18. The van der Waals surface area contributed by atoms with E-state index >= 15 is 0 Å². The summed E-state index contributed by atoms with van der Waals surface area (Å²) in [6.45, 7) is 5.65. The highest BCUT2D eigenvalue weighted by atomic mass is 16.2. The second kappa shape index (κ2) is 8.24. The Hall–Kier alpha value is -1.95. The van der Waals surface area contributed by atoms with Crippen LogP contribution in [0.1, 0.15) is 49.9 Å². The number of carbonyl (C=O) groups is 2. The second-order valence-electron chi connectivity index (χ2n) is 6.51. The third kappa shape index (κ3) is 4.12. The maximum atomic E-state index is 12.7. The summed E-state index contributed by atoms with van der Waals surface area (Å²) >= 11 is 0. The lowest BCUT2D eigenvalue weighted by atomic mass is 9.90. The zero-order chi connectivity index (χ0) is 17.6. The van der Waals surface area contributed by atoms with Crippen molar-refractivity contribution in [1.82, 2.24) is 15.2 Å². The fraction of sp³-hybridized carbons (Fsp3) is 0.611. The van der Waals surface area contributed by atoms with Crippen LogP contribution in [0.2, 0.25) is 0 Å². The number of pyridine rings is 1. The maximum absolute atomic E-state index is 12.7. The van der Waals surface area contributed by atoms with Gasteiger partial charge in [-0.05, 0) is 37.8 Å². The molecular weight excluding hydrogens is 304 g/mol. The van der Waals surface area contributed by atoms with Crippen LogP contribution in [0.25, 0.3) is 0 Å². The highest BCUT2D eigenvalue weighted by molar-refractivity contribution is 5.94. The number of hydrogen-bond donors (Lipinski definition) is 2. The van der Waals surface area contributed by atoms with Gasteiger partial charge in [0.15, 0.2) is 0 Å². The summed E-state index contributed by atoms with van der Waals surface area (Å²) < 4.78 is 0. The number of rotatable bonds is 6. The molecule has 132 valence electrons. The van der Waals surface area contributed by atoms with Crippen LogP contribution in [0, 0.1) is 5.92 Å². The second-order valence-corrected chi connectivity index (χ2v) is 6.51. The zero-order valence-electron chi connectivity index (χ0n) is 14.6. The Morgan fingerprint density at radius 2 is 2.00 bits per heavy atom. The first-order valence-corrected chi connectivity index (χ1v) is 8.76. The van der Waals surface area contributed by atoms with Gasteiger partial charge in [0.1, 0.15) is 0 Å². The number of carbonyl (C=O) groups excluding carboxylic acids is 2. The van der Waals surface area contributed by atoms with Gasteiger partial charge in [0, 0.05) is 37.6 Å².